The number of carbonyl (C=O) groups is 1. The maximum Gasteiger partial charge on any atom is 0.311 e. The first-order valence-electron chi connectivity index (χ1n) is 6.09. The minimum Gasteiger partial charge on any atom is -0.481 e. The van der Waals surface area contributed by atoms with Gasteiger partial charge in [-0.2, -0.15) is 0 Å². The van der Waals surface area contributed by atoms with E-state index in [0.29, 0.717) is 6.54 Å². The van der Waals surface area contributed by atoms with E-state index < -0.39 is 11.4 Å². The quantitative estimate of drug-likeness (QED) is 0.840. The first-order valence-corrected chi connectivity index (χ1v) is 6.09. The van der Waals surface area contributed by atoms with Gasteiger partial charge >= 0.3 is 5.97 Å². The second kappa shape index (κ2) is 4.40. The molecule has 17 heavy (non-hydrogen) atoms. The molecule has 2 N–H and O–H groups in total. The van der Waals surface area contributed by atoms with Crippen molar-refractivity contribution in [2.24, 2.45) is 5.41 Å². The van der Waals surface area contributed by atoms with E-state index in [9.17, 15) is 9.90 Å². The Morgan fingerprint density at radius 3 is 2.65 bits per heavy atom. The molecule has 0 amide bonds. The lowest BCUT2D eigenvalue weighted by Crippen LogP contribution is -2.43. The van der Waals surface area contributed by atoms with Crippen molar-refractivity contribution >= 4 is 11.7 Å². The number of aliphatic carboxylic acids is 1. The van der Waals surface area contributed by atoms with Crippen molar-refractivity contribution in [1.82, 2.24) is 0 Å². The Hall–Kier alpha value is -1.51. The Labute approximate surface area is 102 Å². The molecule has 1 aromatic carbocycles. The van der Waals surface area contributed by atoms with Crippen LogP contribution in [-0.4, -0.2) is 17.6 Å². The molecule has 0 unspecified atom stereocenters. The second-order valence-corrected chi connectivity index (χ2v) is 5.04. The number of benzene rings is 1. The zero-order chi connectivity index (χ0) is 12.5. The summed E-state index contributed by atoms with van der Waals surface area (Å²) < 4.78 is 0. The maximum absolute atomic E-state index is 11.2. The van der Waals surface area contributed by atoms with Crippen molar-refractivity contribution in [2.45, 2.75) is 33.1 Å². The van der Waals surface area contributed by atoms with Gasteiger partial charge in [-0.1, -0.05) is 18.6 Å². The highest BCUT2D eigenvalue weighted by Crippen LogP contribution is 2.41. The van der Waals surface area contributed by atoms with Gasteiger partial charge in [-0.15, -0.1) is 0 Å². The topological polar surface area (TPSA) is 49.3 Å². The van der Waals surface area contributed by atoms with E-state index in [1.807, 2.05) is 12.1 Å². The van der Waals surface area contributed by atoms with Crippen LogP contribution >= 0.6 is 0 Å². The Balaban J connectivity index is 2.07. The standard InChI is InChI=1S/C14H19NO2/c1-10-5-3-6-12(11(10)2)15-9-14(13(16)17)7-4-8-14/h3,5-6,15H,4,7-9H2,1-2H3,(H,16,17). The van der Waals surface area contributed by atoms with Gasteiger partial charge in [0.1, 0.15) is 0 Å². The van der Waals surface area contributed by atoms with Gasteiger partial charge in [0.15, 0.2) is 0 Å². The van der Waals surface area contributed by atoms with Gasteiger partial charge < -0.3 is 10.4 Å². The van der Waals surface area contributed by atoms with Crippen LogP contribution in [0.3, 0.4) is 0 Å². The van der Waals surface area contributed by atoms with Gasteiger partial charge in [0.2, 0.25) is 0 Å². The molecule has 0 aromatic heterocycles. The van der Waals surface area contributed by atoms with Crippen LogP contribution in [-0.2, 0) is 4.79 Å². The van der Waals surface area contributed by atoms with Gasteiger partial charge in [-0.25, -0.2) is 0 Å². The van der Waals surface area contributed by atoms with Gasteiger partial charge in [-0.3, -0.25) is 4.79 Å². The van der Waals surface area contributed by atoms with E-state index in [1.165, 1.54) is 11.1 Å². The average Bonchev–Trinajstić information content (AvgIpc) is 2.22. The molecule has 0 radical (unpaired) electrons. The molecule has 92 valence electrons. The van der Waals surface area contributed by atoms with E-state index in [-0.39, 0.29) is 0 Å². The highest BCUT2D eigenvalue weighted by molar-refractivity contribution is 5.76. The van der Waals surface area contributed by atoms with Crippen LogP contribution in [0, 0.1) is 19.3 Å². The molecule has 0 bridgehead atoms. The number of carboxylic acids is 1. The molecule has 1 aliphatic rings. The number of hydrogen-bond acceptors (Lipinski definition) is 2. The monoisotopic (exact) mass is 233 g/mol. The van der Waals surface area contributed by atoms with Crippen LogP contribution in [0.4, 0.5) is 5.69 Å². The minimum atomic E-state index is -0.665. The fourth-order valence-corrected chi connectivity index (χ4v) is 2.28. The van der Waals surface area contributed by atoms with E-state index in [2.05, 4.69) is 25.2 Å². The lowest BCUT2D eigenvalue weighted by Gasteiger charge is -2.38. The van der Waals surface area contributed by atoms with E-state index >= 15 is 0 Å². The van der Waals surface area contributed by atoms with Crippen LogP contribution < -0.4 is 5.32 Å². The minimum absolute atomic E-state index is 0.532. The summed E-state index contributed by atoms with van der Waals surface area (Å²) in [5.41, 5.74) is 2.95. The number of anilines is 1. The summed E-state index contributed by atoms with van der Waals surface area (Å²) in [6.45, 7) is 4.66. The molecule has 2 rings (SSSR count). The molecule has 0 saturated heterocycles. The number of hydrogen-bond donors (Lipinski definition) is 2. The Bertz CT molecular complexity index is 436. The molecular weight excluding hydrogens is 214 g/mol. The highest BCUT2D eigenvalue weighted by atomic mass is 16.4. The fraction of sp³-hybridized carbons (Fsp3) is 0.500. The molecule has 1 aliphatic carbocycles. The van der Waals surface area contributed by atoms with Crippen molar-refractivity contribution in [2.75, 3.05) is 11.9 Å². The van der Waals surface area contributed by atoms with Crippen molar-refractivity contribution in [3.63, 3.8) is 0 Å². The molecule has 1 aromatic rings. The van der Waals surface area contributed by atoms with Crippen LogP contribution in [0.25, 0.3) is 0 Å². The third-order valence-electron chi connectivity index (χ3n) is 3.99. The molecule has 1 fully saturated rings. The van der Waals surface area contributed by atoms with Crippen molar-refractivity contribution < 1.29 is 9.90 Å². The number of aryl methyl sites for hydroxylation is 1. The van der Waals surface area contributed by atoms with Gasteiger partial charge in [0, 0.05) is 12.2 Å². The SMILES string of the molecule is Cc1cccc(NCC2(C(=O)O)CCC2)c1C. The van der Waals surface area contributed by atoms with Gasteiger partial charge in [0.05, 0.1) is 5.41 Å². The molecule has 0 atom stereocenters. The zero-order valence-electron chi connectivity index (χ0n) is 10.4. The third-order valence-corrected chi connectivity index (χ3v) is 3.99. The zero-order valence-corrected chi connectivity index (χ0v) is 10.4. The first kappa shape index (κ1) is 12.0. The Morgan fingerprint density at radius 1 is 1.41 bits per heavy atom. The maximum atomic E-state index is 11.2. The summed E-state index contributed by atoms with van der Waals surface area (Å²) in [7, 11) is 0. The molecule has 0 aliphatic heterocycles. The molecule has 1 saturated carbocycles. The number of carboxylic acid groups (broad SMARTS) is 1. The predicted molar refractivity (Wildman–Crippen MR) is 68.3 cm³/mol. The number of nitrogens with one attached hydrogen (secondary N) is 1. The fourth-order valence-electron chi connectivity index (χ4n) is 2.28. The Morgan fingerprint density at radius 2 is 2.12 bits per heavy atom. The van der Waals surface area contributed by atoms with Gasteiger partial charge in [0.25, 0.3) is 0 Å². The van der Waals surface area contributed by atoms with Gasteiger partial charge in [-0.05, 0) is 43.9 Å². The lowest BCUT2D eigenvalue weighted by atomic mass is 9.68. The van der Waals surface area contributed by atoms with Crippen molar-refractivity contribution in [3.05, 3.63) is 29.3 Å². The number of rotatable bonds is 4. The average molecular weight is 233 g/mol. The molecule has 3 nitrogen and oxygen atoms in total. The summed E-state index contributed by atoms with van der Waals surface area (Å²) in [4.78, 5) is 11.2. The van der Waals surface area contributed by atoms with Crippen LogP contribution in [0.1, 0.15) is 30.4 Å². The summed E-state index contributed by atoms with van der Waals surface area (Å²) in [5, 5.41) is 12.5. The molecule has 0 spiro atoms. The van der Waals surface area contributed by atoms with E-state index in [4.69, 9.17) is 0 Å². The van der Waals surface area contributed by atoms with E-state index in [0.717, 1.165) is 24.9 Å². The van der Waals surface area contributed by atoms with Crippen LogP contribution in [0.5, 0.6) is 0 Å². The largest absolute Gasteiger partial charge is 0.481 e. The first-order chi connectivity index (χ1) is 8.05. The summed E-state index contributed by atoms with van der Waals surface area (Å²) in [5.74, 6) is -0.665. The second-order valence-electron chi connectivity index (χ2n) is 5.04. The molecule has 3 heteroatoms. The van der Waals surface area contributed by atoms with Crippen molar-refractivity contribution in [1.29, 1.82) is 0 Å². The normalized spacial score (nSPS) is 17.3. The molecular formula is C14H19NO2. The molecule has 0 heterocycles. The van der Waals surface area contributed by atoms with E-state index in [1.54, 1.807) is 0 Å². The Kier molecular flexibility index (Phi) is 3.09. The third kappa shape index (κ3) is 2.14. The smallest absolute Gasteiger partial charge is 0.311 e. The summed E-state index contributed by atoms with van der Waals surface area (Å²) in [6, 6.07) is 6.08. The highest BCUT2D eigenvalue weighted by Gasteiger charge is 2.44. The van der Waals surface area contributed by atoms with Crippen LogP contribution in [0.15, 0.2) is 18.2 Å². The van der Waals surface area contributed by atoms with Crippen molar-refractivity contribution in [3.8, 4) is 0 Å². The summed E-state index contributed by atoms with van der Waals surface area (Å²) >= 11 is 0. The predicted octanol–water partition coefficient (Wildman–Crippen LogP) is 2.97. The van der Waals surface area contributed by atoms with Crippen LogP contribution in [0.2, 0.25) is 0 Å². The summed E-state index contributed by atoms with van der Waals surface area (Å²) in [6.07, 6.45) is 2.61. The lowest BCUT2D eigenvalue weighted by molar-refractivity contribution is -0.153.